The van der Waals surface area contributed by atoms with Gasteiger partial charge in [0.05, 0.1) is 5.41 Å². The SMILES string of the molecule is O=C(O)[C@@]12CCC[C@H]1CN(c1nnc(Cc3ccc(F)cc3)s1)C2. The summed E-state index contributed by atoms with van der Waals surface area (Å²) in [6.07, 6.45) is 3.34. The number of halogens is 1. The van der Waals surface area contributed by atoms with Gasteiger partial charge < -0.3 is 10.0 Å². The molecule has 2 fully saturated rings. The van der Waals surface area contributed by atoms with Crippen LogP contribution in [0.4, 0.5) is 9.52 Å². The van der Waals surface area contributed by atoms with Crippen molar-refractivity contribution in [2.75, 3.05) is 18.0 Å². The van der Waals surface area contributed by atoms with Crippen LogP contribution in [0, 0.1) is 17.2 Å². The zero-order valence-corrected chi connectivity index (χ0v) is 13.9. The van der Waals surface area contributed by atoms with Gasteiger partial charge in [-0.05, 0) is 36.5 Å². The first-order chi connectivity index (χ1) is 11.6. The molecule has 0 bridgehead atoms. The molecule has 1 aromatic carbocycles. The van der Waals surface area contributed by atoms with Gasteiger partial charge in [0.2, 0.25) is 5.13 Å². The number of rotatable bonds is 4. The Hall–Kier alpha value is -2.02. The van der Waals surface area contributed by atoms with E-state index in [0.29, 0.717) is 13.0 Å². The second kappa shape index (κ2) is 5.81. The predicted octanol–water partition coefficient (Wildman–Crippen LogP) is 2.96. The topological polar surface area (TPSA) is 66.3 Å². The van der Waals surface area contributed by atoms with Crippen LogP contribution in [0.2, 0.25) is 0 Å². The third-order valence-corrected chi connectivity index (χ3v) is 6.28. The fourth-order valence-electron chi connectivity index (χ4n) is 4.01. The van der Waals surface area contributed by atoms with Crippen LogP contribution in [0.5, 0.6) is 0 Å². The normalized spacial score (nSPS) is 25.9. The maximum Gasteiger partial charge on any atom is 0.311 e. The van der Waals surface area contributed by atoms with Gasteiger partial charge in [0, 0.05) is 19.5 Å². The van der Waals surface area contributed by atoms with Gasteiger partial charge in [-0.3, -0.25) is 4.79 Å². The van der Waals surface area contributed by atoms with Gasteiger partial charge in [-0.1, -0.05) is 29.9 Å². The number of carbonyl (C=O) groups is 1. The molecule has 7 heteroatoms. The summed E-state index contributed by atoms with van der Waals surface area (Å²) in [6, 6.07) is 6.37. The predicted molar refractivity (Wildman–Crippen MR) is 88.7 cm³/mol. The average molecular weight is 347 g/mol. The molecule has 5 nitrogen and oxygen atoms in total. The van der Waals surface area contributed by atoms with Gasteiger partial charge in [0.25, 0.3) is 0 Å². The number of benzene rings is 1. The quantitative estimate of drug-likeness (QED) is 0.921. The number of hydrogen-bond donors (Lipinski definition) is 1. The molecule has 2 aliphatic rings. The van der Waals surface area contributed by atoms with E-state index in [-0.39, 0.29) is 11.7 Å². The summed E-state index contributed by atoms with van der Waals surface area (Å²) >= 11 is 1.50. The molecule has 2 atom stereocenters. The van der Waals surface area contributed by atoms with Crippen molar-refractivity contribution in [3.05, 3.63) is 40.7 Å². The van der Waals surface area contributed by atoms with Crippen molar-refractivity contribution >= 4 is 22.4 Å². The number of nitrogens with zero attached hydrogens (tertiary/aromatic N) is 3. The Morgan fingerprint density at radius 3 is 2.88 bits per heavy atom. The lowest BCUT2D eigenvalue weighted by Gasteiger charge is -2.22. The molecule has 1 saturated carbocycles. The minimum absolute atomic E-state index is 0.208. The average Bonchev–Trinajstić information content (AvgIpc) is 3.22. The highest BCUT2D eigenvalue weighted by Crippen LogP contribution is 2.50. The van der Waals surface area contributed by atoms with E-state index in [4.69, 9.17) is 0 Å². The fraction of sp³-hybridized carbons (Fsp3) is 0.471. The summed E-state index contributed by atoms with van der Waals surface area (Å²) in [6.45, 7) is 1.27. The highest BCUT2D eigenvalue weighted by Gasteiger charge is 2.55. The second-order valence-corrected chi connectivity index (χ2v) is 7.75. The molecule has 1 saturated heterocycles. The Balaban J connectivity index is 1.49. The number of aliphatic carboxylic acids is 1. The van der Waals surface area contributed by atoms with Crippen molar-refractivity contribution in [2.24, 2.45) is 11.3 Å². The van der Waals surface area contributed by atoms with Crippen molar-refractivity contribution in [3.8, 4) is 0 Å². The van der Waals surface area contributed by atoms with Gasteiger partial charge in [0.15, 0.2) is 0 Å². The van der Waals surface area contributed by atoms with Crippen LogP contribution in [-0.4, -0.2) is 34.4 Å². The third kappa shape index (κ3) is 2.56. The number of aromatic nitrogens is 2. The molecule has 4 rings (SSSR count). The number of anilines is 1. The minimum Gasteiger partial charge on any atom is -0.481 e. The van der Waals surface area contributed by atoms with Crippen LogP contribution in [0.1, 0.15) is 29.8 Å². The molecular weight excluding hydrogens is 329 g/mol. The molecule has 2 aromatic rings. The standard InChI is InChI=1S/C17H18FN3O2S/c18-13-5-3-11(4-6-13)8-14-19-20-16(24-14)21-9-12-2-1-7-17(12,10-21)15(22)23/h3-6,12H,1-2,7-10H2,(H,22,23)/t12-,17+/m0/s1. The maximum atomic E-state index is 13.0. The number of carboxylic acids is 1. The first kappa shape index (κ1) is 15.5. The lowest BCUT2D eigenvalue weighted by molar-refractivity contribution is -0.149. The zero-order valence-electron chi connectivity index (χ0n) is 13.1. The van der Waals surface area contributed by atoms with Crippen LogP contribution in [0.25, 0.3) is 0 Å². The molecular formula is C17H18FN3O2S. The van der Waals surface area contributed by atoms with Crippen LogP contribution in [0.15, 0.2) is 24.3 Å². The van der Waals surface area contributed by atoms with Gasteiger partial charge >= 0.3 is 5.97 Å². The first-order valence-corrected chi connectivity index (χ1v) is 8.94. The lowest BCUT2D eigenvalue weighted by atomic mass is 9.81. The summed E-state index contributed by atoms with van der Waals surface area (Å²) in [5.74, 6) is -0.720. The van der Waals surface area contributed by atoms with E-state index in [1.165, 1.54) is 23.5 Å². The van der Waals surface area contributed by atoms with Gasteiger partial charge in [-0.25, -0.2) is 4.39 Å². The number of hydrogen-bond acceptors (Lipinski definition) is 5. The highest BCUT2D eigenvalue weighted by molar-refractivity contribution is 7.15. The molecule has 0 spiro atoms. The first-order valence-electron chi connectivity index (χ1n) is 8.12. The van der Waals surface area contributed by atoms with Crippen molar-refractivity contribution in [3.63, 3.8) is 0 Å². The van der Waals surface area contributed by atoms with Gasteiger partial charge in [-0.15, -0.1) is 10.2 Å². The van der Waals surface area contributed by atoms with Crippen LogP contribution in [0.3, 0.4) is 0 Å². The van der Waals surface area contributed by atoms with Crippen molar-refractivity contribution in [2.45, 2.75) is 25.7 Å². The molecule has 1 aliphatic heterocycles. The maximum absolute atomic E-state index is 13.0. The van der Waals surface area contributed by atoms with E-state index in [9.17, 15) is 14.3 Å². The Morgan fingerprint density at radius 2 is 2.17 bits per heavy atom. The fourth-order valence-corrected chi connectivity index (χ4v) is 4.89. The number of carboxylic acid groups (broad SMARTS) is 1. The lowest BCUT2D eigenvalue weighted by Crippen LogP contribution is -2.35. The van der Waals surface area contributed by atoms with E-state index in [1.807, 2.05) is 0 Å². The van der Waals surface area contributed by atoms with Crippen LogP contribution < -0.4 is 4.90 Å². The summed E-state index contributed by atoms with van der Waals surface area (Å²) in [5.41, 5.74) is 0.377. The van der Waals surface area contributed by atoms with Gasteiger partial charge in [-0.2, -0.15) is 0 Å². The Labute approximate surface area is 143 Å². The number of fused-ring (bicyclic) bond motifs is 1. The van der Waals surface area contributed by atoms with Crippen LogP contribution in [-0.2, 0) is 11.2 Å². The van der Waals surface area contributed by atoms with E-state index in [0.717, 1.165) is 41.5 Å². The van der Waals surface area contributed by atoms with Crippen LogP contribution >= 0.6 is 11.3 Å². The monoisotopic (exact) mass is 347 g/mol. The van der Waals surface area contributed by atoms with Crippen molar-refractivity contribution in [1.29, 1.82) is 0 Å². The Kier molecular flexibility index (Phi) is 3.75. The molecule has 1 aromatic heterocycles. The van der Waals surface area contributed by atoms with E-state index in [2.05, 4.69) is 15.1 Å². The largest absolute Gasteiger partial charge is 0.481 e. The van der Waals surface area contributed by atoms with E-state index in [1.54, 1.807) is 12.1 Å². The van der Waals surface area contributed by atoms with Crippen molar-refractivity contribution in [1.82, 2.24) is 10.2 Å². The smallest absolute Gasteiger partial charge is 0.311 e. The van der Waals surface area contributed by atoms with E-state index >= 15 is 0 Å². The Bertz CT molecular complexity index is 763. The van der Waals surface area contributed by atoms with Crippen molar-refractivity contribution < 1.29 is 14.3 Å². The minimum atomic E-state index is -0.677. The molecule has 24 heavy (non-hydrogen) atoms. The molecule has 2 heterocycles. The summed E-state index contributed by atoms with van der Waals surface area (Å²) in [7, 11) is 0. The summed E-state index contributed by atoms with van der Waals surface area (Å²) < 4.78 is 13.0. The molecule has 1 aliphatic carbocycles. The second-order valence-electron chi connectivity index (χ2n) is 6.71. The third-order valence-electron chi connectivity index (χ3n) is 5.29. The Morgan fingerprint density at radius 1 is 1.38 bits per heavy atom. The summed E-state index contributed by atoms with van der Waals surface area (Å²) in [4.78, 5) is 13.8. The highest BCUT2D eigenvalue weighted by atomic mass is 32.1. The van der Waals surface area contributed by atoms with Gasteiger partial charge in [0.1, 0.15) is 10.8 Å². The molecule has 126 valence electrons. The molecule has 0 radical (unpaired) electrons. The molecule has 0 unspecified atom stereocenters. The van der Waals surface area contributed by atoms with E-state index < -0.39 is 11.4 Å². The summed E-state index contributed by atoms with van der Waals surface area (Å²) in [5, 5.41) is 19.8. The molecule has 1 N–H and O–H groups in total. The zero-order chi connectivity index (χ0) is 16.7. The molecule has 0 amide bonds.